The van der Waals surface area contributed by atoms with E-state index in [0.717, 1.165) is 74.8 Å². The SMILES string of the molecule is O=C(NCC[N+]12CCC(CC1)C(OC(=O)C1(c3ccccc3)CCCCCC1)C2)c1ccccn1. The molecule has 1 unspecified atom stereocenters. The summed E-state index contributed by atoms with van der Waals surface area (Å²) >= 11 is 0. The summed E-state index contributed by atoms with van der Waals surface area (Å²) in [6.45, 7) is 4.53. The number of carbonyl (C=O) groups excluding carboxylic acids is 2. The number of amides is 1. The Kier molecular flexibility index (Phi) is 7.19. The van der Waals surface area contributed by atoms with E-state index in [0.29, 0.717) is 18.2 Å². The molecule has 35 heavy (non-hydrogen) atoms. The smallest absolute Gasteiger partial charge is 0.317 e. The molecule has 1 atom stereocenters. The summed E-state index contributed by atoms with van der Waals surface area (Å²) in [6.07, 6.45) is 10.1. The number of piperidine rings is 3. The molecule has 1 N–H and O–H groups in total. The van der Waals surface area contributed by atoms with Gasteiger partial charge in [-0.05, 0) is 30.5 Å². The number of hydrogen-bond donors (Lipinski definition) is 1. The number of ether oxygens (including phenoxy) is 1. The van der Waals surface area contributed by atoms with Crippen LogP contribution in [0.3, 0.4) is 0 Å². The molecule has 6 rings (SSSR count). The molecule has 6 nitrogen and oxygen atoms in total. The van der Waals surface area contributed by atoms with Crippen LogP contribution in [0, 0.1) is 5.92 Å². The Morgan fingerprint density at radius 3 is 2.37 bits per heavy atom. The first-order chi connectivity index (χ1) is 17.1. The molecule has 4 aliphatic rings. The zero-order valence-electron chi connectivity index (χ0n) is 20.7. The molecule has 3 aliphatic heterocycles. The summed E-state index contributed by atoms with van der Waals surface area (Å²) in [4.78, 5) is 30.5. The molecule has 1 amide bonds. The van der Waals surface area contributed by atoms with Crippen LogP contribution in [-0.4, -0.2) is 60.2 Å². The molecule has 0 spiro atoms. The van der Waals surface area contributed by atoms with Gasteiger partial charge in [-0.3, -0.25) is 14.6 Å². The number of pyridine rings is 1. The molecule has 2 bridgehead atoms. The standard InChI is InChI=1S/C29H37N3O3/c33-27(25-12-6-9-17-30-25)31-18-21-32-19-13-23(14-20-32)26(22-32)35-28(34)29(15-7-1-2-8-16-29)24-10-4-3-5-11-24/h3-6,9-12,17,23,26H,1-2,7-8,13-16,18-22H2/p+1. The van der Waals surface area contributed by atoms with Crippen LogP contribution in [0.4, 0.5) is 0 Å². The lowest BCUT2D eigenvalue weighted by atomic mass is 9.74. The van der Waals surface area contributed by atoms with Crippen LogP contribution in [-0.2, 0) is 14.9 Å². The zero-order valence-corrected chi connectivity index (χ0v) is 20.7. The summed E-state index contributed by atoms with van der Waals surface area (Å²) in [7, 11) is 0. The third-order valence-electron chi connectivity index (χ3n) is 8.74. The van der Waals surface area contributed by atoms with Crippen molar-refractivity contribution >= 4 is 11.9 Å². The Hall–Kier alpha value is -2.73. The number of nitrogens with zero attached hydrogens (tertiary/aromatic N) is 2. The average Bonchev–Trinajstić information content (AvgIpc) is 3.17. The van der Waals surface area contributed by atoms with Gasteiger partial charge in [0.2, 0.25) is 0 Å². The maximum absolute atomic E-state index is 13.9. The molecule has 0 radical (unpaired) electrons. The molecule has 1 aromatic heterocycles. The molecular formula is C29H38N3O3+. The number of rotatable bonds is 7. The van der Waals surface area contributed by atoms with E-state index in [-0.39, 0.29) is 18.0 Å². The number of carbonyl (C=O) groups is 2. The minimum absolute atomic E-state index is 0.00838. The fraction of sp³-hybridized carbons (Fsp3) is 0.552. The molecule has 1 aromatic carbocycles. The fourth-order valence-corrected chi connectivity index (χ4v) is 6.61. The highest BCUT2D eigenvalue weighted by Crippen LogP contribution is 2.42. The summed E-state index contributed by atoms with van der Waals surface area (Å²) in [6, 6.07) is 15.7. The number of aromatic nitrogens is 1. The van der Waals surface area contributed by atoms with E-state index in [2.05, 4.69) is 22.4 Å². The van der Waals surface area contributed by atoms with E-state index in [1.165, 1.54) is 12.8 Å². The quantitative estimate of drug-likeness (QED) is 0.368. The predicted molar refractivity (Wildman–Crippen MR) is 135 cm³/mol. The molecule has 1 aliphatic carbocycles. The Morgan fingerprint density at radius 2 is 1.69 bits per heavy atom. The van der Waals surface area contributed by atoms with Crippen molar-refractivity contribution in [2.75, 3.05) is 32.7 Å². The predicted octanol–water partition coefficient (Wildman–Crippen LogP) is 4.26. The van der Waals surface area contributed by atoms with Crippen LogP contribution in [0.15, 0.2) is 54.7 Å². The normalized spacial score (nSPS) is 27.5. The molecule has 1 saturated carbocycles. The number of fused-ring (bicyclic) bond motifs is 3. The lowest BCUT2D eigenvalue weighted by molar-refractivity contribution is -0.945. The lowest BCUT2D eigenvalue weighted by Crippen LogP contribution is -2.66. The highest BCUT2D eigenvalue weighted by atomic mass is 16.5. The van der Waals surface area contributed by atoms with Crippen molar-refractivity contribution < 1.29 is 18.8 Å². The van der Waals surface area contributed by atoms with Gasteiger partial charge >= 0.3 is 5.97 Å². The lowest BCUT2D eigenvalue weighted by Gasteiger charge is -2.52. The van der Waals surface area contributed by atoms with Gasteiger partial charge in [-0.15, -0.1) is 0 Å². The Bertz CT molecular complexity index is 994. The highest BCUT2D eigenvalue weighted by molar-refractivity contribution is 5.92. The second-order valence-corrected chi connectivity index (χ2v) is 10.8. The van der Waals surface area contributed by atoms with Gasteiger partial charge in [0.25, 0.3) is 5.91 Å². The van der Waals surface area contributed by atoms with Crippen LogP contribution in [0.1, 0.15) is 67.4 Å². The molecule has 4 fully saturated rings. The van der Waals surface area contributed by atoms with Crippen molar-refractivity contribution in [3.63, 3.8) is 0 Å². The highest BCUT2D eigenvalue weighted by Gasteiger charge is 2.50. The molecule has 4 heterocycles. The minimum Gasteiger partial charge on any atom is -0.455 e. The number of quaternary nitrogens is 1. The van der Waals surface area contributed by atoms with E-state index >= 15 is 0 Å². The van der Waals surface area contributed by atoms with Crippen LogP contribution in [0.5, 0.6) is 0 Å². The summed E-state index contributed by atoms with van der Waals surface area (Å²) in [5, 5.41) is 3.04. The third-order valence-corrected chi connectivity index (χ3v) is 8.74. The van der Waals surface area contributed by atoms with Crippen molar-refractivity contribution in [1.82, 2.24) is 10.3 Å². The van der Waals surface area contributed by atoms with Gasteiger partial charge in [-0.25, -0.2) is 0 Å². The van der Waals surface area contributed by atoms with Gasteiger partial charge in [0.05, 0.1) is 31.6 Å². The van der Waals surface area contributed by atoms with E-state index in [9.17, 15) is 9.59 Å². The van der Waals surface area contributed by atoms with Crippen LogP contribution in [0.25, 0.3) is 0 Å². The fourth-order valence-electron chi connectivity index (χ4n) is 6.61. The van der Waals surface area contributed by atoms with Gasteiger partial charge in [0, 0.05) is 25.0 Å². The van der Waals surface area contributed by atoms with Crippen molar-refractivity contribution in [3.8, 4) is 0 Å². The number of nitrogens with one attached hydrogen (secondary N) is 1. The molecule has 3 saturated heterocycles. The van der Waals surface area contributed by atoms with Crippen molar-refractivity contribution in [3.05, 3.63) is 66.0 Å². The molecular weight excluding hydrogens is 438 g/mol. The summed E-state index contributed by atoms with van der Waals surface area (Å²) < 4.78 is 7.37. The van der Waals surface area contributed by atoms with Gasteiger partial charge in [-0.2, -0.15) is 0 Å². The van der Waals surface area contributed by atoms with Crippen molar-refractivity contribution in [2.45, 2.75) is 62.9 Å². The van der Waals surface area contributed by atoms with Gasteiger partial charge in [-0.1, -0.05) is 62.1 Å². The van der Waals surface area contributed by atoms with Crippen LogP contribution in [0.2, 0.25) is 0 Å². The van der Waals surface area contributed by atoms with Crippen LogP contribution >= 0.6 is 0 Å². The first-order valence-corrected chi connectivity index (χ1v) is 13.4. The van der Waals surface area contributed by atoms with Crippen LogP contribution < -0.4 is 5.32 Å². The number of hydrogen-bond acceptors (Lipinski definition) is 4. The number of benzene rings is 1. The maximum Gasteiger partial charge on any atom is 0.317 e. The van der Waals surface area contributed by atoms with E-state index in [4.69, 9.17) is 4.74 Å². The second kappa shape index (κ2) is 10.5. The van der Waals surface area contributed by atoms with Gasteiger partial charge in [0.1, 0.15) is 12.2 Å². The third kappa shape index (κ3) is 5.13. The summed E-state index contributed by atoms with van der Waals surface area (Å²) in [5.41, 5.74) is 1.06. The zero-order chi connectivity index (χ0) is 24.1. The first-order valence-electron chi connectivity index (χ1n) is 13.4. The largest absolute Gasteiger partial charge is 0.455 e. The Labute approximate surface area is 208 Å². The van der Waals surface area contributed by atoms with Crippen molar-refractivity contribution in [1.29, 1.82) is 0 Å². The topological polar surface area (TPSA) is 68.3 Å². The Morgan fingerprint density at radius 1 is 0.971 bits per heavy atom. The minimum atomic E-state index is -0.509. The van der Waals surface area contributed by atoms with E-state index < -0.39 is 5.41 Å². The van der Waals surface area contributed by atoms with Gasteiger partial charge in [0.15, 0.2) is 6.10 Å². The molecule has 6 heteroatoms. The van der Waals surface area contributed by atoms with Crippen molar-refractivity contribution in [2.24, 2.45) is 5.92 Å². The molecule has 186 valence electrons. The Balaban J connectivity index is 1.24. The van der Waals surface area contributed by atoms with E-state index in [1.807, 2.05) is 30.3 Å². The first kappa shape index (κ1) is 24.0. The number of esters is 1. The average molecular weight is 477 g/mol. The maximum atomic E-state index is 13.9. The van der Waals surface area contributed by atoms with E-state index in [1.54, 1.807) is 12.3 Å². The molecule has 2 aromatic rings. The summed E-state index contributed by atoms with van der Waals surface area (Å²) in [5.74, 6) is 0.323. The van der Waals surface area contributed by atoms with Gasteiger partial charge < -0.3 is 14.5 Å². The second-order valence-electron chi connectivity index (χ2n) is 10.8. The monoisotopic (exact) mass is 476 g/mol.